The Morgan fingerprint density at radius 2 is 2.19 bits per heavy atom. The quantitative estimate of drug-likeness (QED) is 0.729. The monoisotopic (exact) mass is 303 g/mol. The number of nitrogens with one attached hydrogen (secondary N) is 1. The van der Waals surface area contributed by atoms with Gasteiger partial charge in [0.25, 0.3) is 0 Å². The van der Waals surface area contributed by atoms with Crippen molar-refractivity contribution in [3.8, 4) is 0 Å². The van der Waals surface area contributed by atoms with Crippen molar-refractivity contribution < 1.29 is 9.52 Å². The van der Waals surface area contributed by atoms with E-state index < -0.39 is 0 Å². The van der Waals surface area contributed by atoms with E-state index in [1.165, 1.54) is 0 Å². The molecular weight excluding hydrogens is 286 g/mol. The molecule has 1 atom stereocenters. The molecule has 0 saturated heterocycles. The van der Waals surface area contributed by atoms with E-state index in [-0.39, 0.29) is 12.6 Å². The third-order valence-electron chi connectivity index (χ3n) is 3.34. The molecule has 2 heterocycles. The van der Waals surface area contributed by atoms with Crippen LogP contribution in [0.15, 0.2) is 35.0 Å². The second kappa shape index (κ2) is 6.32. The number of anilines is 1. The van der Waals surface area contributed by atoms with E-state index in [1.54, 1.807) is 18.1 Å². The second-order valence-corrected chi connectivity index (χ2v) is 5.72. The highest BCUT2D eigenvalue weighted by atomic mass is 32.2. The van der Waals surface area contributed by atoms with Crippen LogP contribution >= 0.6 is 11.8 Å². The maximum absolute atomic E-state index is 9.16. The Morgan fingerprint density at radius 1 is 1.33 bits per heavy atom. The van der Waals surface area contributed by atoms with Gasteiger partial charge in [0.15, 0.2) is 11.4 Å². The highest BCUT2D eigenvalue weighted by Crippen LogP contribution is 2.30. The van der Waals surface area contributed by atoms with Crippen LogP contribution in [0.3, 0.4) is 0 Å². The van der Waals surface area contributed by atoms with Gasteiger partial charge in [-0.25, -0.2) is 9.97 Å². The SMILES string of the molecule is CSCC(CCO)Nc1ncnc2c1oc1ccccc12. The minimum absolute atomic E-state index is 0.145. The lowest BCUT2D eigenvalue weighted by Crippen LogP contribution is -2.24. The molecule has 1 aromatic carbocycles. The molecule has 0 bridgehead atoms. The summed E-state index contributed by atoms with van der Waals surface area (Å²) in [6.07, 6.45) is 4.26. The zero-order valence-corrected chi connectivity index (χ0v) is 12.6. The van der Waals surface area contributed by atoms with E-state index in [4.69, 9.17) is 9.52 Å². The van der Waals surface area contributed by atoms with Crippen LogP contribution in [0.1, 0.15) is 6.42 Å². The van der Waals surface area contributed by atoms with Crippen molar-refractivity contribution >= 4 is 39.6 Å². The molecule has 0 fully saturated rings. The topological polar surface area (TPSA) is 71.2 Å². The average Bonchev–Trinajstić information content (AvgIpc) is 2.88. The summed E-state index contributed by atoms with van der Waals surface area (Å²) in [7, 11) is 0. The number of nitrogens with zero attached hydrogens (tertiary/aromatic N) is 2. The molecule has 110 valence electrons. The number of para-hydroxylation sites is 1. The fourth-order valence-corrected chi connectivity index (χ4v) is 3.03. The van der Waals surface area contributed by atoms with E-state index in [1.807, 2.05) is 30.5 Å². The molecule has 0 amide bonds. The van der Waals surface area contributed by atoms with Gasteiger partial charge in [-0.3, -0.25) is 0 Å². The molecule has 6 heteroatoms. The van der Waals surface area contributed by atoms with Gasteiger partial charge in [0.05, 0.1) is 0 Å². The molecule has 2 N–H and O–H groups in total. The number of aliphatic hydroxyl groups excluding tert-OH is 1. The molecule has 0 spiro atoms. The molecular formula is C15H17N3O2S. The number of thioether (sulfide) groups is 1. The summed E-state index contributed by atoms with van der Waals surface area (Å²) < 4.78 is 5.88. The Labute approximate surface area is 126 Å². The molecule has 21 heavy (non-hydrogen) atoms. The number of benzene rings is 1. The summed E-state index contributed by atoms with van der Waals surface area (Å²) in [6.45, 7) is 0.145. The largest absolute Gasteiger partial charge is 0.450 e. The summed E-state index contributed by atoms with van der Waals surface area (Å²) in [6, 6.07) is 7.97. The third kappa shape index (κ3) is 2.82. The van der Waals surface area contributed by atoms with Gasteiger partial charge in [0, 0.05) is 23.8 Å². The van der Waals surface area contributed by atoms with Gasteiger partial charge >= 0.3 is 0 Å². The highest BCUT2D eigenvalue weighted by molar-refractivity contribution is 7.98. The first-order valence-corrected chi connectivity index (χ1v) is 8.21. The first-order chi connectivity index (χ1) is 10.3. The third-order valence-corrected chi connectivity index (χ3v) is 4.08. The van der Waals surface area contributed by atoms with Crippen molar-refractivity contribution in [2.24, 2.45) is 0 Å². The van der Waals surface area contributed by atoms with Gasteiger partial charge in [-0.2, -0.15) is 11.8 Å². The van der Waals surface area contributed by atoms with Gasteiger partial charge < -0.3 is 14.8 Å². The van der Waals surface area contributed by atoms with Crippen molar-refractivity contribution in [3.63, 3.8) is 0 Å². The van der Waals surface area contributed by atoms with Crippen LogP contribution in [-0.2, 0) is 0 Å². The zero-order chi connectivity index (χ0) is 14.7. The summed E-state index contributed by atoms with van der Waals surface area (Å²) in [4.78, 5) is 8.63. The predicted molar refractivity (Wildman–Crippen MR) is 86.8 cm³/mol. The molecule has 3 rings (SSSR count). The summed E-state index contributed by atoms with van der Waals surface area (Å²) in [5.41, 5.74) is 2.29. The Balaban J connectivity index is 2.02. The Bertz CT molecular complexity index is 738. The second-order valence-electron chi connectivity index (χ2n) is 4.81. The summed E-state index contributed by atoms with van der Waals surface area (Å²) in [5, 5.41) is 13.5. The van der Waals surface area contributed by atoms with Gasteiger partial charge in [-0.1, -0.05) is 12.1 Å². The summed E-state index contributed by atoms with van der Waals surface area (Å²) >= 11 is 1.73. The number of fused-ring (bicyclic) bond motifs is 3. The molecule has 1 unspecified atom stereocenters. The smallest absolute Gasteiger partial charge is 0.196 e. The van der Waals surface area contributed by atoms with Crippen molar-refractivity contribution in [1.29, 1.82) is 0 Å². The van der Waals surface area contributed by atoms with Crippen LogP contribution in [0.25, 0.3) is 22.1 Å². The molecule has 0 saturated carbocycles. The minimum atomic E-state index is 0.145. The van der Waals surface area contributed by atoms with Gasteiger partial charge in [0.1, 0.15) is 17.4 Å². The van der Waals surface area contributed by atoms with E-state index in [9.17, 15) is 0 Å². The Hall–Kier alpha value is -1.79. The lowest BCUT2D eigenvalue weighted by molar-refractivity contribution is 0.282. The zero-order valence-electron chi connectivity index (χ0n) is 11.7. The van der Waals surface area contributed by atoms with Crippen molar-refractivity contribution in [3.05, 3.63) is 30.6 Å². The number of aliphatic hydroxyl groups is 1. The first kappa shape index (κ1) is 14.2. The van der Waals surface area contributed by atoms with Crippen molar-refractivity contribution in [1.82, 2.24) is 9.97 Å². The van der Waals surface area contributed by atoms with E-state index >= 15 is 0 Å². The fraction of sp³-hybridized carbons (Fsp3) is 0.333. The molecule has 0 radical (unpaired) electrons. The average molecular weight is 303 g/mol. The van der Waals surface area contributed by atoms with Gasteiger partial charge in [0.2, 0.25) is 0 Å². The minimum Gasteiger partial charge on any atom is -0.450 e. The van der Waals surface area contributed by atoms with Crippen LogP contribution in [0, 0.1) is 0 Å². The van der Waals surface area contributed by atoms with Gasteiger partial charge in [-0.15, -0.1) is 0 Å². The van der Waals surface area contributed by atoms with Crippen LogP contribution in [0.5, 0.6) is 0 Å². The normalized spacial score (nSPS) is 12.9. The fourth-order valence-electron chi connectivity index (χ4n) is 2.37. The molecule has 2 aromatic heterocycles. The van der Waals surface area contributed by atoms with E-state index in [0.29, 0.717) is 17.8 Å². The van der Waals surface area contributed by atoms with E-state index in [0.717, 1.165) is 22.2 Å². The number of rotatable bonds is 6. The predicted octanol–water partition coefficient (Wildman–Crippen LogP) is 2.90. The van der Waals surface area contributed by atoms with Crippen LogP contribution in [0.4, 0.5) is 5.82 Å². The number of hydrogen-bond donors (Lipinski definition) is 2. The molecule has 0 aliphatic heterocycles. The van der Waals surface area contributed by atoms with Crippen LogP contribution in [-0.4, -0.2) is 39.7 Å². The lowest BCUT2D eigenvalue weighted by Gasteiger charge is -2.16. The first-order valence-electron chi connectivity index (χ1n) is 6.82. The Kier molecular flexibility index (Phi) is 4.26. The highest BCUT2D eigenvalue weighted by Gasteiger charge is 2.15. The number of hydrogen-bond acceptors (Lipinski definition) is 6. The molecule has 5 nitrogen and oxygen atoms in total. The standard InChI is InChI=1S/C15H17N3O2S/c1-21-8-10(6-7-19)18-15-14-13(16-9-17-15)11-4-2-3-5-12(11)20-14/h2-5,9-10,19H,6-8H2,1H3,(H,16,17,18). The van der Waals surface area contributed by atoms with Crippen molar-refractivity contribution in [2.75, 3.05) is 23.9 Å². The molecule has 0 aliphatic rings. The van der Waals surface area contributed by atoms with E-state index in [2.05, 4.69) is 15.3 Å². The number of furan rings is 1. The maximum Gasteiger partial charge on any atom is 0.196 e. The summed E-state index contributed by atoms with van der Waals surface area (Å²) in [5.74, 6) is 1.58. The Morgan fingerprint density at radius 3 is 3.00 bits per heavy atom. The van der Waals surface area contributed by atoms with Gasteiger partial charge in [-0.05, 0) is 24.8 Å². The van der Waals surface area contributed by atoms with Crippen LogP contribution < -0.4 is 5.32 Å². The van der Waals surface area contributed by atoms with Crippen LogP contribution in [0.2, 0.25) is 0 Å². The molecule has 0 aliphatic carbocycles. The lowest BCUT2D eigenvalue weighted by atomic mass is 10.2. The maximum atomic E-state index is 9.16. The molecule has 3 aromatic rings. The number of aromatic nitrogens is 2. The van der Waals surface area contributed by atoms with Crippen molar-refractivity contribution in [2.45, 2.75) is 12.5 Å².